The molecular weight excluding hydrogens is 223 g/mol. The van der Waals surface area contributed by atoms with Gasteiger partial charge in [-0.3, -0.25) is 0 Å². The Morgan fingerprint density at radius 1 is 1.45 bits per heavy atom. The normalized spacial score (nSPS) is 10.1. The molecule has 0 unspecified atom stereocenters. The summed E-state index contributed by atoms with van der Waals surface area (Å²) in [5.41, 5.74) is 2.50. The van der Waals surface area contributed by atoms with E-state index in [1.165, 1.54) is 5.56 Å². The number of alkyl halides is 1. The van der Waals surface area contributed by atoms with Crippen LogP contribution < -0.4 is 0 Å². The largest absolute Gasteiger partial charge is 0.122 e. The monoisotopic (exact) mass is 232 g/mol. The number of hydrogen-bond acceptors (Lipinski definition) is 0. The Morgan fingerprint density at radius 3 is 2.64 bits per heavy atom. The molecule has 0 fully saturated rings. The standard InChI is InChI=1S/C9H10BrCl/c1-2-8-4-3-7(6-11)5-9(8)10/h3-5H,2,6H2,1H3. The van der Waals surface area contributed by atoms with Crippen LogP contribution in [0.15, 0.2) is 22.7 Å². The predicted octanol–water partition coefficient (Wildman–Crippen LogP) is 3.75. The van der Waals surface area contributed by atoms with Crippen LogP contribution in [-0.2, 0) is 12.3 Å². The van der Waals surface area contributed by atoms with E-state index in [4.69, 9.17) is 11.6 Å². The van der Waals surface area contributed by atoms with Gasteiger partial charge in [0, 0.05) is 10.4 Å². The van der Waals surface area contributed by atoms with Gasteiger partial charge in [0.2, 0.25) is 0 Å². The minimum absolute atomic E-state index is 0.586. The number of benzene rings is 1. The van der Waals surface area contributed by atoms with Gasteiger partial charge in [-0.05, 0) is 23.6 Å². The first-order valence-corrected chi connectivity index (χ1v) is 4.94. The van der Waals surface area contributed by atoms with Crippen molar-refractivity contribution < 1.29 is 0 Å². The summed E-state index contributed by atoms with van der Waals surface area (Å²) in [7, 11) is 0. The maximum Gasteiger partial charge on any atom is 0.0474 e. The Hall–Kier alpha value is -0.0100. The van der Waals surface area contributed by atoms with Crippen LogP contribution in [0.2, 0.25) is 0 Å². The lowest BCUT2D eigenvalue weighted by molar-refractivity contribution is 1.12. The first-order valence-electron chi connectivity index (χ1n) is 3.61. The van der Waals surface area contributed by atoms with Crippen molar-refractivity contribution in [1.29, 1.82) is 0 Å². The Kier molecular flexibility index (Phi) is 3.41. The average molecular weight is 234 g/mol. The van der Waals surface area contributed by atoms with Crippen molar-refractivity contribution in [3.63, 3.8) is 0 Å². The molecule has 0 aliphatic heterocycles. The smallest absolute Gasteiger partial charge is 0.0474 e. The van der Waals surface area contributed by atoms with E-state index in [9.17, 15) is 0 Å². The summed E-state index contributed by atoms with van der Waals surface area (Å²) < 4.78 is 1.16. The molecule has 0 aliphatic carbocycles. The van der Waals surface area contributed by atoms with Gasteiger partial charge in [0.25, 0.3) is 0 Å². The van der Waals surface area contributed by atoms with E-state index >= 15 is 0 Å². The molecule has 60 valence electrons. The molecule has 0 aromatic heterocycles. The van der Waals surface area contributed by atoms with Crippen molar-refractivity contribution in [1.82, 2.24) is 0 Å². The first-order chi connectivity index (χ1) is 5.27. The van der Waals surface area contributed by atoms with Gasteiger partial charge in [0.05, 0.1) is 0 Å². The third kappa shape index (κ3) is 2.21. The molecule has 0 heterocycles. The first kappa shape index (κ1) is 9.08. The van der Waals surface area contributed by atoms with Crippen molar-refractivity contribution in [2.45, 2.75) is 19.2 Å². The molecule has 0 nitrogen and oxygen atoms in total. The Morgan fingerprint density at radius 2 is 2.18 bits per heavy atom. The highest BCUT2D eigenvalue weighted by molar-refractivity contribution is 9.10. The van der Waals surface area contributed by atoms with Gasteiger partial charge in [0.15, 0.2) is 0 Å². The number of rotatable bonds is 2. The number of aryl methyl sites for hydroxylation is 1. The predicted molar refractivity (Wildman–Crippen MR) is 53.1 cm³/mol. The van der Waals surface area contributed by atoms with E-state index in [1.54, 1.807) is 0 Å². The van der Waals surface area contributed by atoms with Gasteiger partial charge in [-0.15, -0.1) is 11.6 Å². The average Bonchev–Trinajstić information content (AvgIpc) is 2.04. The fraction of sp³-hybridized carbons (Fsp3) is 0.333. The van der Waals surface area contributed by atoms with E-state index < -0.39 is 0 Å². The van der Waals surface area contributed by atoms with Gasteiger partial charge in [-0.2, -0.15) is 0 Å². The lowest BCUT2D eigenvalue weighted by Crippen LogP contribution is -1.84. The van der Waals surface area contributed by atoms with Crippen molar-refractivity contribution in [2.24, 2.45) is 0 Å². The van der Waals surface area contributed by atoms with Crippen molar-refractivity contribution in [3.8, 4) is 0 Å². The highest BCUT2D eigenvalue weighted by Gasteiger charge is 1.97. The summed E-state index contributed by atoms with van der Waals surface area (Å²) in [6.07, 6.45) is 1.06. The van der Waals surface area contributed by atoms with Crippen LogP contribution in [-0.4, -0.2) is 0 Å². The number of halogens is 2. The van der Waals surface area contributed by atoms with Crippen LogP contribution in [0, 0.1) is 0 Å². The topological polar surface area (TPSA) is 0 Å². The summed E-state index contributed by atoms with van der Waals surface area (Å²) in [6, 6.07) is 6.25. The van der Waals surface area contributed by atoms with Gasteiger partial charge < -0.3 is 0 Å². The molecule has 0 spiro atoms. The van der Waals surface area contributed by atoms with Gasteiger partial charge in [-0.25, -0.2) is 0 Å². The molecule has 0 aliphatic rings. The van der Waals surface area contributed by atoms with Gasteiger partial charge >= 0.3 is 0 Å². The van der Waals surface area contributed by atoms with Crippen molar-refractivity contribution in [2.75, 3.05) is 0 Å². The summed E-state index contributed by atoms with van der Waals surface area (Å²) in [5.74, 6) is 0.586. The highest BCUT2D eigenvalue weighted by Crippen LogP contribution is 2.19. The summed E-state index contributed by atoms with van der Waals surface area (Å²) in [6.45, 7) is 2.14. The molecule has 0 N–H and O–H groups in total. The third-order valence-electron chi connectivity index (χ3n) is 1.65. The molecule has 0 radical (unpaired) electrons. The van der Waals surface area contributed by atoms with E-state index in [2.05, 4.69) is 41.1 Å². The van der Waals surface area contributed by atoms with Crippen molar-refractivity contribution in [3.05, 3.63) is 33.8 Å². The van der Waals surface area contributed by atoms with Crippen LogP contribution in [0.3, 0.4) is 0 Å². The van der Waals surface area contributed by atoms with E-state index in [-0.39, 0.29) is 0 Å². The zero-order valence-electron chi connectivity index (χ0n) is 6.40. The third-order valence-corrected chi connectivity index (χ3v) is 2.70. The summed E-state index contributed by atoms with van der Waals surface area (Å²) in [4.78, 5) is 0. The maximum absolute atomic E-state index is 5.67. The van der Waals surface area contributed by atoms with E-state index in [0.717, 1.165) is 16.5 Å². The molecule has 11 heavy (non-hydrogen) atoms. The zero-order chi connectivity index (χ0) is 8.27. The van der Waals surface area contributed by atoms with E-state index in [1.807, 2.05) is 0 Å². The lowest BCUT2D eigenvalue weighted by Gasteiger charge is -2.02. The quantitative estimate of drug-likeness (QED) is 0.683. The molecule has 0 atom stereocenters. The molecule has 0 saturated heterocycles. The SMILES string of the molecule is CCc1ccc(CCl)cc1Br. The van der Waals surface area contributed by atoms with E-state index in [0.29, 0.717) is 5.88 Å². The molecule has 1 aromatic carbocycles. The van der Waals surface area contributed by atoms with Crippen LogP contribution >= 0.6 is 27.5 Å². The lowest BCUT2D eigenvalue weighted by atomic mass is 10.1. The second kappa shape index (κ2) is 4.13. The minimum Gasteiger partial charge on any atom is -0.122 e. The number of hydrogen-bond donors (Lipinski definition) is 0. The zero-order valence-corrected chi connectivity index (χ0v) is 8.74. The molecule has 1 rings (SSSR count). The van der Waals surface area contributed by atoms with Crippen molar-refractivity contribution >= 4 is 27.5 Å². The maximum atomic E-state index is 5.67. The highest BCUT2D eigenvalue weighted by atomic mass is 79.9. The summed E-state index contributed by atoms with van der Waals surface area (Å²) in [5, 5.41) is 0. The van der Waals surface area contributed by atoms with Crippen LogP contribution in [0.5, 0.6) is 0 Å². The van der Waals surface area contributed by atoms with Crippen LogP contribution in [0.1, 0.15) is 18.1 Å². The molecule has 0 bridgehead atoms. The van der Waals surface area contributed by atoms with Crippen LogP contribution in [0.4, 0.5) is 0 Å². The Bertz CT molecular complexity index is 245. The van der Waals surface area contributed by atoms with Gasteiger partial charge in [-0.1, -0.05) is 35.0 Å². The Labute approximate surface area is 80.7 Å². The second-order valence-electron chi connectivity index (χ2n) is 2.41. The van der Waals surface area contributed by atoms with Crippen LogP contribution in [0.25, 0.3) is 0 Å². The fourth-order valence-electron chi connectivity index (χ4n) is 0.961. The summed E-state index contributed by atoms with van der Waals surface area (Å²) >= 11 is 9.16. The molecule has 1 aromatic rings. The fourth-order valence-corrected chi connectivity index (χ4v) is 1.83. The molecule has 2 heteroatoms. The molecule has 0 amide bonds. The second-order valence-corrected chi connectivity index (χ2v) is 3.53. The molecular formula is C9H10BrCl. The molecule has 0 saturated carbocycles. The van der Waals surface area contributed by atoms with Gasteiger partial charge in [0.1, 0.15) is 0 Å². The Balaban J connectivity index is 2.99. The minimum atomic E-state index is 0.586.